The molecule has 1 spiro atoms. The monoisotopic (exact) mass is 418 g/mol. The number of rotatable bonds is 1. The second-order valence-corrected chi connectivity index (χ2v) is 11.0. The van der Waals surface area contributed by atoms with Crippen molar-refractivity contribution in [2.24, 2.45) is 28.6 Å². The van der Waals surface area contributed by atoms with Crippen molar-refractivity contribution >= 4 is 11.8 Å². The molecular weight excluding hydrogens is 388 g/mol. The molecule has 0 amide bonds. The van der Waals surface area contributed by atoms with Gasteiger partial charge in [0.2, 0.25) is 0 Å². The van der Waals surface area contributed by atoms with Gasteiger partial charge in [-0.3, -0.25) is 4.79 Å². The number of ketones is 1. The zero-order valence-electron chi connectivity index (χ0n) is 17.5. The van der Waals surface area contributed by atoms with Crippen molar-refractivity contribution in [2.75, 3.05) is 6.61 Å². The molecule has 0 bridgehead atoms. The number of Topliss-reactive ketones (excluding diaryl/α,β-unsaturated/α-hetero) is 1. The van der Waals surface area contributed by atoms with E-state index < -0.39 is 34.6 Å². The Labute approximate surface area is 175 Å². The highest BCUT2D eigenvalue weighted by Gasteiger charge is 2.88. The lowest BCUT2D eigenvalue weighted by Gasteiger charge is -2.62. The summed E-state index contributed by atoms with van der Waals surface area (Å²) >= 11 is 0. The maximum atomic E-state index is 13.8. The Bertz CT molecular complexity index is 883. The number of aliphatic hydroxyl groups is 3. The van der Waals surface area contributed by atoms with Gasteiger partial charge in [0.15, 0.2) is 5.78 Å². The van der Waals surface area contributed by atoms with Crippen molar-refractivity contribution in [3.8, 4) is 0 Å². The summed E-state index contributed by atoms with van der Waals surface area (Å²) in [5.74, 6) is -1.44. The predicted molar refractivity (Wildman–Crippen MR) is 103 cm³/mol. The number of aliphatic hydroxyl groups excluding tert-OH is 2. The number of fused-ring (bicyclic) bond motifs is 3. The Hall–Kier alpha value is -1.28. The second-order valence-electron chi connectivity index (χ2n) is 11.0. The molecule has 6 aliphatic rings. The van der Waals surface area contributed by atoms with E-state index in [9.17, 15) is 24.9 Å². The molecule has 0 radical (unpaired) electrons. The van der Waals surface area contributed by atoms with Gasteiger partial charge in [0.1, 0.15) is 23.9 Å². The molecule has 10 atom stereocenters. The SMILES string of the molecule is C[C@]12CC[C@H](O)C[C@H]1C[C@@H]1O[C@]13[C@@H]2[C@H](O)C(=O)[C@]1(C)[C@@H](C2=CC(=O)OC2)CC[C@]31O. The minimum atomic E-state index is -1.40. The van der Waals surface area contributed by atoms with Crippen LogP contribution < -0.4 is 0 Å². The first-order chi connectivity index (χ1) is 14.1. The van der Waals surface area contributed by atoms with E-state index >= 15 is 0 Å². The molecule has 4 saturated carbocycles. The molecule has 4 aliphatic carbocycles. The largest absolute Gasteiger partial charge is 0.458 e. The number of hydrogen-bond donors (Lipinski definition) is 3. The van der Waals surface area contributed by atoms with Crippen molar-refractivity contribution < 1.29 is 34.4 Å². The molecule has 7 heteroatoms. The van der Waals surface area contributed by atoms with Crippen molar-refractivity contribution in [1.29, 1.82) is 0 Å². The molecule has 30 heavy (non-hydrogen) atoms. The molecule has 0 aromatic rings. The van der Waals surface area contributed by atoms with E-state index in [1.165, 1.54) is 6.08 Å². The van der Waals surface area contributed by atoms with Crippen LogP contribution in [0.5, 0.6) is 0 Å². The van der Waals surface area contributed by atoms with Crippen LogP contribution in [0.3, 0.4) is 0 Å². The minimum Gasteiger partial charge on any atom is -0.458 e. The highest BCUT2D eigenvalue weighted by molar-refractivity contribution is 5.94. The van der Waals surface area contributed by atoms with Crippen LogP contribution in [-0.2, 0) is 19.1 Å². The fourth-order valence-corrected chi connectivity index (χ4v) is 8.61. The van der Waals surface area contributed by atoms with Crippen LogP contribution in [0.15, 0.2) is 11.6 Å². The van der Waals surface area contributed by atoms with Crippen molar-refractivity contribution in [3.63, 3.8) is 0 Å². The predicted octanol–water partition coefficient (Wildman–Crippen LogP) is 0.885. The summed E-state index contributed by atoms with van der Waals surface area (Å²) < 4.78 is 11.4. The normalized spacial score (nSPS) is 58.9. The van der Waals surface area contributed by atoms with Crippen LogP contribution in [0.1, 0.15) is 52.4 Å². The first-order valence-electron chi connectivity index (χ1n) is 11.3. The van der Waals surface area contributed by atoms with Crippen LogP contribution in [-0.4, -0.2) is 63.2 Å². The van der Waals surface area contributed by atoms with Crippen LogP contribution >= 0.6 is 0 Å². The van der Waals surface area contributed by atoms with E-state index in [-0.39, 0.29) is 41.8 Å². The number of epoxide rings is 1. The zero-order chi connectivity index (χ0) is 21.3. The van der Waals surface area contributed by atoms with E-state index in [1.54, 1.807) is 6.92 Å². The lowest BCUT2D eigenvalue weighted by Crippen LogP contribution is -2.75. The van der Waals surface area contributed by atoms with Gasteiger partial charge in [-0.15, -0.1) is 0 Å². The number of esters is 1. The third kappa shape index (κ3) is 1.89. The van der Waals surface area contributed by atoms with E-state index in [1.807, 2.05) is 0 Å². The van der Waals surface area contributed by atoms with Gasteiger partial charge in [-0.05, 0) is 68.3 Å². The van der Waals surface area contributed by atoms with Gasteiger partial charge < -0.3 is 24.8 Å². The quantitative estimate of drug-likeness (QED) is 0.428. The van der Waals surface area contributed by atoms with E-state index in [4.69, 9.17) is 9.47 Å². The van der Waals surface area contributed by atoms with Gasteiger partial charge in [-0.1, -0.05) is 6.92 Å². The lowest BCUT2D eigenvalue weighted by atomic mass is 9.41. The van der Waals surface area contributed by atoms with E-state index in [0.29, 0.717) is 32.1 Å². The Balaban J connectivity index is 1.47. The first-order valence-corrected chi connectivity index (χ1v) is 11.3. The van der Waals surface area contributed by atoms with Gasteiger partial charge in [0, 0.05) is 12.0 Å². The van der Waals surface area contributed by atoms with Gasteiger partial charge in [-0.2, -0.15) is 0 Å². The molecule has 3 N–H and O–H groups in total. The zero-order valence-corrected chi connectivity index (χ0v) is 17.5. The summed E-state index contributed by atoms with van der Waals surface area (Å²) in [6, 6.07) is 0. The maximum Gasteiger partial charge on any atom is 0.331 e. The van der Waals surface area contributed by atoms with E-state index in [2.05, 4.69) is 6.92 Å². The molecule has 0 aromatic heterocycles. The minimum absolute atomic E-state index is 0.136. The molecule has 7 nitrogen and oxygen atoms in total. The van der Waals surface area contributed by atoms with Gasteiger partial charge in [0.05, 0.1) is 17.6 Å². The topological polar surface area (TPSA) is 117 Å². The summed E-state index contributed by atoms with van der Waals surface area (Å²) in [6.45, 7) is 3.99. The lowest BCUT2D eigenvalue weighted by molar-refractivity contribution is -0.226. The standard InChI is InChI=1S/C23H30O7/c1-20-5-3-13(24)8-12(20)9-15-23(30-15)18(20)17(26)19(27)21(2)14(4-6-22(21,23)28)11-7-16(25)29-10-11/h7,12-15,17-18,24,26,28H,3-6,8-10H2,1-2H3/t12-,13-,14+,15-,17-,18+,20-,21-,22+,23-/m0/s1. The van der Waals surface area contributed by atoms with Crippen molar-refractivity contribution in [1.82, 2.24) is 0 Å². The molecule has 6 rings (SSSR count). The molecule has 0 aromatic carbocycles. The molecule has 164 valence electrons. The maximum absolute atomic E-state index is 13.8. The number of carbonyl (C=O) groups excluding carboxylic acids is 2. The van der Waals surface area contributed by atoms with Crippen LogP contribution in [0, 0.1) is 28.6 Å². The highest BCUT2D eigenvalue weighted by atomic mass is 16.6. The molecule has 2 heterocycles. The smallest absolute Gasteiger partial charge is 0.331 e. The number of cyclic esters (lactones) is 1. The van der Waals surface area contributed by atoms with Crippen molar-refractivity contribution in [3.05, 3.63) is 11.6 Å². The van der Waals surface area contributed by atoms with Crippen LogP contribution in [0.2, 0.25) is 0 Å². The summed E-state index contributed by atoms with van der Waals surface area (Å²) in [5, 5.41) is 33.9. The summed E-state index contributed by atoms with van der Waals surface area (Å²) in [6.07, 6.45) is 3.30. The fourth-order valence-electron chi connectivity index (χ4n) is 8.61. The molecule has 5 fully saturated rings. The van der Waals surface area contributed by atoms with Gasteiger partial charge in [0.25, 0.3) is 0 Å². The van der Waals surface area contributed by atoms with Gasteiger partial charge in [-0.25, -0.2) is 4.79 Å². The average Bonchev–Trinajstić information content (AvgIpc) is 3.14. The highest BCUT2D eigenvalue weighted by Crippen LogP contribution is 2.76. The van der Waals surface area contributed by atoms with E-state index in [0.717, 1.165) is 12.0 Å². The van der Waals surface area contributed by atoms with Crippen LogP contribution in [0.25, 0.3) is 0 Å². The Morgan fingerprint density at radius 2 is 1.87 bits per heavy atom. The Morgan fingerprint density at radius 3 is 2.57 bits per heavy atom. The number of ether oxygens (including phenoxy) is 2. The summed E-state index contributed by atoms with van der Waals surface area (Å²) in [4.78, 5) is 25.5. The summed E-state index contributed by atoms with van der Waals surface area (Å²) in [5.41, 5.74) is -3.21. The summed E-state index contributed by atoms with van der Waals surface area (Å²) in [7, 11) is 0. The second kappa shape index (κ2) is 5.55. The molecule has 0 unspecified atom stereocenters. The van der Waals surface area contributed by atoms with Gasteiger partial charge >= 0.3 is 5.97 Å². The average molecular weight is 418 g/mol. The first kappa shape index (κ1) is 19.4. The fraction of sp³-hybridized carbons (Fsp3) is 0.826. The Kier molecular flexibility index (Phi) is 3.59. The molecule has 2 aliphatic heterocycles. The molecular formula is C23H30O7. The Morgan fingerprint density at radius 1 is 1.10 bits per heavy atom. The third-order valence-corrected chi connectivity index (χ3v) is 10.2. The van der Waals surface area contributed by atoms with Crippen molar-refractivity contribution in [2.45, 2.75) is 81.9 Å². The number of carbonyl (C=O) groups is 2. The third-order valence-electron chi connectivity index (χ3n) is 10.2. The number of hydrogen-bond acceptors (Lipinski definition) is 7. The molecule has 1 saturated heterocycles. The van der Waals surface area contributed by atoms with Crippen LogP contribution in [0.4, 0.5) is 0 Å².